The van der Waals surface area contributed by atoms with Crippen LogP contribution < -0.4 is 5.01 Å². The Morgan fingerprint density at radius 2 is 1.79 bits per heavy atom. The number of anilines is 1. The summed E-state index contributed by atoms with van der Waals surface area (Å²) in [4.78, 5) is 0. The van der Waals surface area contributed by atoms with E-state index in [1.807, 2.05) is 11.3 Å². The Kier molecular flexibility index (Phi) is 3.98. The van der Waals surface area contributed by atoms with Crippen molar-refractivity contribution >= 4 is 37.2 Å². The molecule has 0 N–H and O–H groups in total. The fourth-order valence-electron chi connectivity index (χ4n) is 6.74. The molecule has 0 amide bonds. The molecule has 0 spiro atoms. The summed E-state index contributed by atoms with van der Waals surface area (Å²) >= 11 is 1.96. The highest BCUT2D eigenvalue weighted by Gasteiger charge is 2.52. The third kappa shape index (κ3) is 2.46. The highest BCUT2D eigenvalue weighted by Crippen LogP contribution is 2.56. The minimum absolute atomic E-state index is 0.319. The SMILES string of the molecule is C1=CCC2C(=C1)N(N1c3ccc4c(sc5ccccc54)c3C3C=CC=CC31)C2C1=CCCC=C1. The second kappa shape index (κ2) is 7.10. The van der Waals surface area contributed by atoms with Gasteiger partial charge in [0.05, 0.1) is 17.8 Å². The smallest absolute Gasteiger partial charge is 0.0835 e. The molecule has 3 heterocycles. The fraction of sp³-hybridized carbons (Fsp3) is 0.226. The van der Waals surface area contributed by atoms with E-state index in [-0.39, 0.29) is 0 Å². The minimum Gasteiger partial charge on any atom is -0.280 e. The van der Waals surface area contributed by atoms with E-state index in [2.05, 4.69) is 107 Å². The average Bonchev–Trinajstić information content (AvgIpc) is 3.42. The molecule has 4 unspecified atom stereocenters. The summed E-state index contributed by atoms with van der Waals surface area (Å²) in [5.74, 6) is 0.963. The molecule has 3 aromatic rings. The molecule has 3 aliphatic carbocycles. The number of thiophene rings is 1. The number of hydrogen-bond acceptors (Lipinski definition) is 3. The van der Waals surface area contributed by atoms with Gasteiger partial charge in [0.1, 0.15) is 0 Å². The van der Waals surface area contributed by atoms with Crippen LogP contribution in [0.1, 0.15) is 30.7 Å². The molecule has 1 saturated heterocycles. The van der Waals surface area contributed by atoms with Gasteiger partial charge in [-0.25, -0.2) is 0 Å². The standard InChI is InChI=1S/C31H26N2S/c1-2-10-20(11-3-1)30-24-14-5-8-16-26(24)33(30)32-25-15-7-4-13-23(25)29-27(32)19-18-22-21-12-6-9-17-28(21)34-31(22)29/h2,4-13,15-19,23-25,30H,1,3,14H2. The van der Waals surface area contributed by atoms with Gasteiger partial charge < -0.3 is 0 Å². The molecule has 0 radical (unpaired) electrons. The first kappa shape index (κ1) is 19.1. The van der Waals surface area contributed by atoms with E-state index in [9.17, 15) is 0 Å². The topological polar surface area (TPSA) is 6.48 Å². The van der Waals surface area contributed by atoms with E-state index in [4.69, 9.17) is 0 Å². The highest BCUT2D eigenvalue weighted by molar-refractivity contribution is 7.26. The monoisotopic (exact) mass is 458 g/mol. The Bertz CT molecular complexity index is 1530. The molecular weight excluding hydrogens is 432 g/mol. The molecule has 8 rings (SSSR count). The van der Waals surface area contributed by atoms with Crippen LogP contribution in [0.3, 0.4) is 0 Å². The zero-order valence-electron chi connectivity index (χ0n) is 19.0. The summed E-state index contributed by atoms with van der Waals surface area (Å²) in [5.41, 5.74) is 5.85. The van der Waals surface area contributed by atoms with Crippen molar-refractivity contribution in [2.75, 3.05) is 5.01 Å². The first-order valence-electron chi connectivity index (χ1n) is 12.5. The maximum Gasteiger partial charge on any atom is 0.0835 e. The molecule has 5 aliphatic rings. The normalized spacial score (nSPS) is 28.6. The van der Waals surface area contributed by atoms with Gasteiger partial charge >= 0.3 is 0 Å². The van der Waals surface area contributed by atoms with E-state index in [1.54, 1.807) is 0 Å². The van der Waals surface area contributed by atoms with E-state index < -0.39 is 0 Å². The van der Waals surface area contributed by atoms with E-state index in [1.165, 1.54) is 42.7 Å². The van der Waals surface area contributed by atoms with Gasteiger partial charge in [-0.05, 0) is 43.0 Å². The third-order valence-corrected chi connectivity index (χ3v) is 9.43. The van der Waals surface area contributed by atoms with Gasteiger partial charge in [-0.3, -0.25) is 10.0 Å². The van der Waals surface area contributed by atoms with Crippen LogP contribution in [0.15, 0.2) is 108 Å². The molecule has 0 bridgehead atoms. The molecule has 34 heavy (non-hydrogen) atoms. The Labute approximate surface area is 204 Å². The van der Waals surface area contributed by atoms with E-state index in [0.717, 1.165) is 19.3 Å². The first-order valence-corrected chi connectivity index (χ1v) is 13.3. The summed E-state index contributed by atoms with van der Waals surface area (Å²) in [5, 5.41) is 8.06. The Morgan fingerprint density at radius 3 is 2.74 bits per heavy atom. The number of benzene rings is 2. The van der Waals surface area contributed by atoms with Crippen LogP contribution in [0.25, 0.3) is 20.2 Å². The van der Waals surface area contributed by atoms with Gasteiger partial charge in [0.25, 0.3) is 0 Å². The van der Waals surface area contributed by atoms with Gasteiger partial charge in [0.15, 0.2) is 0 Å². The van der Waals surface area contributed by atoms with Crippen molar-refractivity contribution in [3.05, 3.63) is 114 Å². The largest absolute Gasteiger partial charge is 0.280 e. The lowest BCUT2D eigenvalue weighted by atomic mass is 9.75. The van der Waals surface area contributed by atoms with Gasteiger partial charge in [-0.15, -0.1) is 11.3 Å². The number of nitrogens with zero attached hydrogens (tertiary/aromatic N) is 2. The van der Waals surface area contributed by atoms with Crippen LogP contribution in [0.4, 0.5) is 5.69 Å². The number of rotatable bonds is 2. The summed E-state index contributed by atoms with van der Waals surface area (Å²) in [6, 6.07) is 14.4. The van der Waals surface area contributed by atoms with Crippen molar-refractivity contribution in [2.24, 2.45) is 5.92 Å². The zero-order valence-corrected chi connectivity index (χ0v) is 19.8. The molecule has 2 nitrogen and oxygen atoms in total. The molecule has 2 aliphatic heterocycles. The zero-order chi connectivity index (χ0) is 22.2. The predicted molar refractivity (Wildman–Crippen MR) is 144 cm³/mol. The summed E-state index contributed by atoms with van der Waals surface area (Å²) in [6.07, 6.45) is 27.0. The molecule has 0 saturated carbocycles. The molecule has 166 valence electrons. The first-order chi connectivity index (χ1) is 16.9. The van der Waals surface area contributed by atoms with Crippen LogP contribution in [0.2, 0.25) is 0 Å². The molecule has 4 atom stereocenters. The molecule has 1 aromatic heterocycles. The maximum absolute atomic E-state index is 2.64. The van der Waals surface area contributed by atoms with Crippen molar-refractivity contribution in [3.8, 4) is 0 Å². The van der Waals surface area contributed by atoms with Crippen LogP contribution in [0, 0.1) is 5.92 Å². The van der Waals surface area contributed by atoms with Crippen molar-refractivity contribution < 1.29 is 0 Å². The summed E-state index contributed by atoms with van der Waals surface area (Å²) < 4.78 is 2.84. The van der Waals surface area contributed by atoms with E-state index in [0.29, 0.717) is 23.9 Å². The quantitative estimate of drug-likeness (QED) is 0.387. The minimum atomic E-state index is 0.319. The lowest BCUT2D eigenvalue weighted by Gasteiger charge is -2.58. The van der Waals surface area contributed by atoms with Crippen LogP contribution >= 0.6 is 11.3 Å². The predicted octanol–water partition coefficient (Wildman–Crippen LogP) is 7.79. The number of hydrazine groups is 1. The molecule has 1 fully saturated rings. The van der Waals surface area contributed by atoms with Gasteiger partial charge in [0, 0.05) is 43.3 Å². The molecular formula is C31H26N2S. The van der Waals surface area contributed by atoms with Crippen molar-refractivity contribution in [3.63, 3.8) is 0 Å². The number of fused-ring (bicyclic) bond motifs is 8. The summed E-state index contributed by atoms with van der Waals surface area (Å²) in [6.45, 7) is 0. The molecule has 3 heteroatoms. The number of hydrogen-bond donors (Lipinski definition) is 0. The third-order valence-electron chi connectivity index (χ3n) is 8.21. The fourth-order valence-corrected chi connectivity index (χ4v) is 8.04. The second-order valence-corrected chi connectivity index (χ2v) is 11.0. The second-order valence-electron chi connectivity index (χ2n) is 9.94. The average molecular weight is 459 g/mol. The number of allylic oxidation sites excluding steroid dienone is 7. The van der Waals surface area contributed by atoms with Gasteiger partial charge in [-0.1, -0.05) is 78.9 Å². The Morgan fingerprint density at radius 1 is 0.853 bits per heavy atom. The lowest BCUT2D eigenvalue weighted by molar-refractivity contribution is 0.0904. The highest BCUT2D eigenvalue weighted by atomic mass is 32.1. The van der Waals surface area contributed by atoms with Crippen molar-refractivity contribution in [1.29, 1.82) is 0 Å². The van der Waals surface area contributed by atoms with Crippen LogP contribution in [-0.2, 0) is 0 Å². The maximum atomic E-state index is 2.64. The molecule has 2 aromatic carbocycles. The lowest BCUT2D eigenvalue weighted by Crippen LogP contribution is -2.64. The van der Waals surface area contributed by atoms with Gasteiger partial charge in [-0.2, -0.15) is 0 Å². The Hall–Kier alpha value is -3.30. The van der Waals surface area contributed by atoms with Crippen molar-refractivity contribution in [2.45, 2.75) is 37.3 Å². The van der Waals surface area contributed by atoms with Crippen molar-refractivity contribution in [1.82, 2.24) is 5.01 Å². The Balaban J connectivity index is 1.34. The van der Waals surface area contributed by atoms with Gasteiger partial charge in [0.2, 0.25) is 0 Å². The van der Waals surface area contributed by atoms with Crippen LogP contribution in [-0.4, -0.2) is 17.1 Å². The van der Waals surface area contributed by atoms with Crippen LogP contribution in [0.5, 0.6) is 0 Å². The summed E-state index contributed by atoms with van der Waals surface area (Å²) in [7, 11) is 0. The van der Waals surface area contributed by atoms with E-state index >= 15 is 0 Å².